The van der Waals surface area contributed by atoms with Crippen molar-refractivity contribution in [1.82, 2.24) is 0 Å². The Morgan fingerprint density at radius 3 is 3.20 bits per heavy atom. The number of hydrogen-bond acceptors (Lipinski definition) is 3. The van der Waals surface area contributed by atoms with E-state index < -0.39 is 0 Å². The molecule has 0 bridgehead atoms. The zero-order valence-corrected chi connectivity index (χ0v) is 8.79. The fourth-order valence-electron chi connectivity index (χ4n) is 1.64. The van der Waals surface area contributed by atoms with Crippen molar-refractivity contribution in [3.05, 3.63) is 29.3 Å². The van der Waals surface area contributed by atoms with Gasteiger partial charge in [0.25, 0.3) is 0 Å². The molecule has 2 rings (SSSR count). The highest BCUT2D eigenvalue weighted by Gasteiger charge is 2.14. The van der Waals surface area contributed by atoms with Gasteiger partial charge in [-0.15, -0.1) is 0 Å². The number of carbonyl (C=O) groups is 1. The second kappa shape index (κ2) is 4.45. The van der Waals surface area contributed by atoms with Gasteiger partial charge in [0.15, 0.2) is 5.78 Å². The van der Waals surface area contributed by atoms with Crippen LogP contribution in [0.15, 0.2) is 18.2 Å². The Kier molecular flexibility index (Phi) is 3.02. The van der Waals surface area contributed by atoms with Crippen LogP contribution in [0.3, 0.4) is 0 Å². The van der Waals surface area contributed by atoms with E-state index in [1.54, 1.807) is 6.07 Å². The first kappa shape index (κ1) is 10.2. The molecule has 1 heterocycles. The van der Waals surface area contributed by atoms with E-state index in [2.05, 4.69) is 0 Å². The first-order chi connectivity index (χ1) is 7.31. The van der Waals surface area contributed by atoms with E-state index in [9.17, 15) is 4.79 Å². The van der Waals surface area contributed by atoms with Gasteiger partial charge in [0.2, 0.25) is 0 Å². The number of ether oxygens (including phenoxy) is 2. The summed E-state index contributed by atoms with van der Waals surface area (Å²) < 4.78 is 10.5. The molecule has 0 atom stereocenters. The second-order valence-corrected chi connectivity index (χ2v) is 3.48. The molecule has 0 unspecified atom stereocenters. The third-order valence-electron chi connectivity index (χ3n) is 2.45. The topological polar surface area (TPSA) is 35.5 Å². The lowest BCUT2D eigenvalue weighted by molar-refractivity contribution is 0.0783. The van der Waals surface area contributed by atoms with Crippen LogP contribution >= 0.6 is 0 Å². The monoisotopic (exact) mass is 206 g/mol. The second-order valence-electron chi connectivity index (χ2n) is 3.48. The molecule has 3 heteroatoms. The lowest BCUT2D eigenvalue weighted by Gasteiger charge is -2.03. The largest absolute Gasteiger partial charge is 0.493 e. The fourth-order valence-corrected chi connectivity index (χ4v) is 1.64. The standard InChI is InChI=1S/C12H14O3/c1-2-14-8-11(13)9-3-4-12-10(7-9)5-6-15-12/h3-4,7H,2,5-6,8H2,1H3. The summed E-state index contributed by atoms with van der Waals surface area (Å²) in [6.07, 6.45) is 0.894. The highest BCUT2D eigenvalue weighted by atomic mass is 16.5. The third-order valence-corrected chi connectivity index (χ3v) is 2.45. The van der Waals surface area contributed by atoms with Crippen LogP contribution in [0.25, 0.3) is 0 Å². The molecular formula is C12H14O3. The van der Waals surface area contributed by atoms with Crippen LogP contribution in [0.1, 0.15) is 22.8 Å². The number of fused-ring (bicyclic) bond motifs is 1. The minimum Gasteiger partial charge on any atom is -0.493 e. The minimum absolute atomic E-state index is 0.0338. The summed E-state index contributed by atoms with van der Waals surface area (Å²) >= 11 is 0. The molecule has 1 aromatic rings. The summed E-state index contributed by atoms with van der Waals surface area (Å²) in [5.74, 6) is 0.939. The third kappa shape index (κ3) is 2.18. The van der Waals surface area contributed by atoms with E-state index in [1.165, 1.54) is 0 Å². The molecule has 0 aromatic heterocycles. The van der Waals surface area contributed by atoms with E-state index >= 15 is 0 Å². The average molecular weight is 206 g/mol. The lowest BCUT2D eigenvalue weighted by Crippen LogP contribution is -2.08. The van der Waals surface area contributed by atoms with Crippen molar-refractivity contribution in [2.75, 3.05) is 19.8 Å². The zero-order chi connectivity index (χ0) is 10.7. The van der Waals surface area contributed by atoms with Gasteiger partial charge in [-0.25, -0.2) is 0 Å². The number of carbonyl (C=O) groups excluding carboxylic acids is 1. The smallest absolute Gasteiger partial charge is 0.188 e. The highest BCUT2D eigenvalue weighted by Crippen LogP contribution is 2.25. The molecule has 1 aliphatic heterocycles. The van der Waals surface area contributed by atoms with Crippen LogP contribution in [0, 0.1) is 0 Å². The van der Waals surface area contributed by atoms with E-state index in [0.717, 1.165) is 24.3 Å². The van der Waals surface area contributed by atoms with Gasteiger partial charge in [-0.2, -0.15) is 0 Å². The van der Waals surface area contributed by atoms with Crippen LogP contribution in [0.2, 0.25) is 0 Å². The molecule has 0 radical (unpaired) electrons. The summed E-state index contributed by atoms with van der Waals surface area (Å²) in [4.78, 5) is 11.6. The number of hydrogen-bond donors (Lipinski definition) is 0. The van der Waals surface area contributed by atoms with Crippen LogP contribution < -0.4 is 4.74 Å². The van der Waals surface area contributed by atoms with Crippen molar-refractivity contribution in [2.45, 2.75) is 13.3 Å². The van der Waals surface area contributed by atoms with Crippen LogP contribution in [-0.2, 0) is 11.2 Å². The molecule has 3 nitrogen and oxygen atoms in total. The van der Waals surface area contributed by atoms with Crippen molar-refractivity contribution in [3.63, 3.8) is 0 Å². The van der Waals surface area contributed by atoms with Crippen molar-refractivity contribution in [3.8, 4) is 5.75 Å². The molecule has 1 aliphatic rings. The number of Topliss-reactive ketones (excluding diaryl/α,β-unsaturated/α-hetero) is 1. The van der Waals surface area contributed by atoms with Gasteiger partial charge in [-0.05, 0) is 30.7 Å². The number of benzene rings is 1. The molecule has 15 heavy (non-hydrogen) atoms. The van der Waals surface area contributed by atoms with Crippen LogP contribution in [0.4, 0.5) is 0 Å². The van der Waals surface area contributed by atoms with Crippen molar-refractivity contribution in [1.29, 1.82) is 0 Å². The Bertz CT molecular complexity index is 371. The summed E-state index contributed by atoms with van der Waals surface area (Å²) in [5, 5.41) is 0. The highest BCUT2D eigenvalue weighted by molar-refractivity contribution is 5.97. The van der Waals surface area contributed by atoms with Gasteiger partial charge in [0, 0.05) is 18.6 Å². The molecule has 0 amide bonds. The Morgan fingerprint density at radius 1 is 1.53 bits per heavy atom. The van der Waals surface area contributed by atoms with Crippen LogP contribution in [0.5, 0.6) is 5.75 Å². The average Bonchev–Trinajstić information content (AvgIpc) is 2.72. The fraction of sp³-hybridized carbons (Fsp3) is 0.417. The normalized spacial score (nSPS) is 13.4. The van der Waals surface area contributed by atoms with Crippen molar-refractivity contribution < 1.29 is 14.3 Å². The minimum atomic E-state index is 0.0338. The number of ketones is 1. The molecule has 0 spiro atoms. The Labute approximate surface area is 89.0 Å². The molecule has 1 aromatic carbocycles. The predicted octanol–water partition coefficient (Wildman–Crippen LogP) is 1.84. The first-order valence-corrected chi connectivity index (χ1v) is 5.18. The Balaban J connectivity index is 2.12. The summed E-state index contributed by atoms with van der Waals surface area (Å²) in [7, 11) is 0. The van der Waals surface area contributed by atoms with Gasteiger partial charge < -0.3 is 9.47 Å². The summed E-state index contributed by atoms with van der Waals surface area (Å²) in [6.45, 7) is 3.33. The molecule has 0 fully saturated rings. The summed E-state index contributed by atoms with van der Waals surface area (Å²) in [6, 6.07) is 5.57. The predicted molar refractivity (Wildman–Crippen MR) is 56.5 cm³/mol. The van der Waals surface area contributed by atoms with E-state index in [0.29, 0.717) is 12.2 Å². The molecule has 80 valence electrons. The Morgan fingerprint density at radius 2 is 2.40 bits per heavy atom. The summed E-state index contributed by atoms with van der Waals surface area (Å²) in [5.41, 5.74) is 1.84. The van der Waals surface area contributed by atoms with Gasteiger partial charge in [-0.3, -0.25) is 4.79 Å². The maximum atomic E-state index is 11.6. The maximum Gasteiger partial charge on any atom is 0.188 e. The quantitative estimate of drug-likeness (QED) is 0.705. The van der Waals surface area contributed by atoms with Crippen molar-refractivity contribution >= 4 is 5.78 Å². The molecular weight excluding hydrogens is 192 g/mol. The van der Waals surface area contributed by atoms with E-state index in [1.807, 2.05) is 19.1 Å². The van der Waals surface area contributed by atoms with Gasteiger partial charge in [0.05, 0.1) is 6.61 Å². The van der Waals surface area contributed by atoms with Crippen molar-refractivity contribution in [2.24, 2.45) is 0 Å². The van der Waals surface area contributed by atoms with Crippen LogP contribution in [-0.4, -0.2) is 25.6 Å². The lowest BCUT2D eigenvalue weighted by atomic mass is 10.1. The van der Waals surface area contributed by atoms with Gasteiger partial charge in [-0.1, -0.05) is 0 Å². The maximum absolute atomic E-state index is 11.6. The van der Waals surface area contributed by atoms with Gasteiger partial charge >= 0.3 is 0 Å². The molecule has 0 aliphatic carbocycles. The molecule has 0 saturated carbocycles. The van der Waals surface area contributed by atoms with E-state index in [-0.39, 0.29) is 12.4 Å². The number of rotatable bonds is 4. The van der Waals surface area contributed by atoms with Gasteiger partial charge in [0.1, 0.15) is 12.4 Å². The first-order valence-electron chi connectivity index (χ1n) is 5.18. The SMILES string of the molecule is CCOCC(=O)c1ccc2c(c1)CCO2. The molecule has 0 saturated heterocycles. The zero-order valence-electron chi connectivity index (χ0n) is 8.79. The molecule has 0 N–H and O–H groups in total. The van der Waals surface area contributed by atoms with E-state index in [4.69, 9.17) is 9.47 Å². The Hall–Kier alpha value is -1.35.